The molecule has 3 N–H and O–H groups in total. The smallest absolute Gasteiger partial charge is 0.383 e. The summed E-state index contributed by atoms with van der Waals surface area (Å²) in [5, 5.41) is 17.4. The van der Waals surface area contributed by atoms with Crippen molar-refractivity contribution in [1.29, 1.82) is 0 Å². The fourth-order valence-corrected chi connectivity index (χ4v) is 5.07. The molecule has 0 bridgehead atoms. The number of nitrogens with zero attached hydrogens (tertiary/aromatic N) is 4. The summed E-state index contributed by atoms with van der Waals surface area (Å²) in [5.41, 5.74) is 0.0432. The summed E-state index contributed by atoms with van der Waals surface area (Å²) in [5.74, 6) is -0.158. The van der Waals surface area contributed by atoms with Gasteiger partial charge in [0.1, 0.15) is 16.3 Å². The maximum absolute atomic E-state index is 13.0. The monoisotopic (exact) mass is 506 g/mol. The van der Waals surface area contributed by atoms with Crippen LogP contribution in [0.2, 0.25) is 0 Å². The van der Waals surface area contributed by atoms with E-state index in [1.807, 2.05) is 13.0 Å². The molecular weight excluding hydrogens is 481 g/mol. The van der Waals surface area contributed by atoms with Crippen molar-refractivity contribution >= 4 is 29.0 Å². The van der Waals surface area contributed by atoms with Gasteiger partial charge in [-0.3, -0.25) is 0 Å². The number of carbonyl (C=O) groups is 1. The lowest BCUT2D eigenvalue weighted by Gasteiger charge is -2.24. The molecule has 4 rings (SSSR count). The van der Waals surface area contributed by atoms with Crippen molar-refractivity contribution in [3.63, 3.8) is 0 Å². The quantitative estimate of drug-likeness (QED) is 0.475. The number of hydrogen-bond acceptors (Lipinski definition) is 7. The third-order valence-corrected chi connectivity index (χ3v) is 7.02. The molecule has 2 amide bonds. The topological polar surface area (TPSA) is 103 Å². The van der Waals surface area contributed by atoms with Crippen LogP contribution in [0.5, 0.6) is 0 Å². The molecule has 1 unspecified atom stereocenters. The number of amides is 2. The number of hydrogen-bond donors (Lipinski definition) is 3. The zero-order chi connectivity index (χ0) is 25.2. The third kappa shape index (κ3) is 5.70. The number of aromatic nitrogens is 3. The van der Waals surface area contributed by atoms with Crippen molar-refractivity contribution in [3.8, 4) is 10.4 Å². The zero-order valence-electron chi connectivity index (χ0n) is 19.2. The number of likely N-dealkylation sites (tertiary alicyclic amines) is 1. The highest BCUT2D eigenvalue weighted by Crippen LogP contribution is 2.39. The van der Waals surface area contributed by atoms with E-state index in [2.05, 4.69) is 25.6 Å². The van der Waals surface area contributed by atoms with Crippen LogP contribution in [0.25, 0.3) is 10.4 Å². The van der Waals surface area contributed by atoms with Gasteiger partial charge in [-0.15, -0.1) is 11.3 Å². The van der Waals surface area contributed by atoms with Crippen molar-refractivity contribution in [3.05, 3.63) is 52.9 Å². The maximum Gasteiger partial charge on any atom is 0.433 e. The molecule has 3 aromatic rings. The molecular formula is C23H25F3N6O2S. The number of nitrogens with one attached hydrogen (secondary N) is 2. The number of carbonyl (C=O) groups excluding carboxylic acids is 1. The lowest BCUT2D eigenvalue weighted by molar-refractivity contribution is -0.141. The van der Waals surface area contributed by atoms with Gasteiger partial charge in [-0.2, -0.15) is 13.2 Å². The van der Waals surface area contributed by atoms with Crippen LogP contribution in [0, 0.1) is 6.92 Å². The van der Waals surface area contributed by atoms with Gasteiger partial charge in [0.2, 0.25) is 5.95 Å². The summed E-state index contributed by atoms with van der Waals surface area (Å²) in [6.07, 6.45) is -0.316. The minimum atomic E-state index is -4.56. The van der Waals surface area contributed by atoms with E-state index in [9.17, 15) is 23.1 Å². The van der Waals surface area contributed by atoms with Crippen LogP contribution in [0.1, 0.15) is 35.5 Å². The number of thiazole rings is 1. The summed E-state index contributed by atoms with van der Waals surface area (Å²) >= 11 is 1.36. The number of benzene rings is 1. The number of aryl methyl sites for hydroxylation is 1. The van der Waals surface area contributed by atoms with Gasteiger partial charge in [0.15, 0.2) is 0 Å². The molecule has 0 radical (unpaired) electrons. The minimum absolute atomic E-state index is 0.158. The molecule has 8 nitrogen and oxygen atoms in total. The van der Waals surface area contributed by atoms with Crippen LogP contribution in [-0.4, -0.2) is 51.1 Å². The van der Waals surface area contributed by atoms with Gasteiger partial charge < -0.3 is 20.6 Å². The number of halogens is 3. The molecule has 35 heavy (non-hydrogen) atoms. The highest BCUT2D eigenvalue weighted by Gasteiger charge is 2.36. The van der Waals surface area contributed by atoms with Crippen molar-refractivity contribution in [1.82, 2.24) is 25.2 Å². The normalized spacial score (nSPS) is 18.7. The van der Waals surface area contributed by atoms with Gasteiger partial charge in [-0.1, -0.05) is 6.07 Å². The van der Waals surface area contributed by atoms with E-state index in [0.29, 0.717) is 43.0 Å². The standard InChI is InChI=1S/C23H25F3N6O2S/c1-14-10-15(12-16(11-14)30-20-28-7-4-18(31-20)23(24,25)26)17-13-29-19(35-17)22(34)5-3-8-32(9-6-22)21(33)27-2/h4,7,10-13,34H,3,5-6,8-9H2,1-2H3,(H,27,33)(H,28,30,31). The molecule has 1 saturated heterocycles. The van der Waals surface area contributed by atoms with Crippen LogP contribution >= 0.6 is 11.3 Å². The molecule has 1 fully saturated rings. The molecule has 2 aromatic heterocycles. The first-order valence-corrected chi connectivity index (χ1v) is 11.8. The number of aliphatic hydroxyl groups is 1. The molecule has 0 spiro atoms. The molecule has 0 aliphatic carbocycles. The molecule has 1 atom stereocenters. The van der Waals surface area contributed by atoms with E-state index >= 15 is 0 Å². The summed E-state index contributed by atoms with van der Waals surface area (Å²) in [4.78, 5) is 26.4. The van der Waals surface area contributed by atoms with E-state index in [1.165, 1.54) is 11.3 Å². The largest absolute Gasteiger partial charge is 0.433 e. The van der Waals surface area contributed by atoms with E-state index in [-0.39, 0.29) is 12.0 Å². The highest BCUT2D eigenvalue weighted by atomic mass is 32.1. The average Bonchev–Trinajstić information content (AvgIpc) is 3.23. The van der Waals surface area contributed by atoms with Crippen LogP contribution < -0.4 is 10.6 Å². The SMILES string of the molecule is CNC(=O)N1CCCC(O)(c2ncc(-c3cc(C)cc(Nc4nccc(C(F)(F)F)n4)c3)s2)CC1. The van der Waals surface area contributed by atoms with Gasteiger partial charge in [0.25, 0.3) is 0 Å². The summed E-state index contributed by atoms with van der Waals surface area (Å²) in [7, 11) is 1.58. The Labute approximate surface area is 204 Å². The molecule has 1 aromatic carbocycles. The Kier molecular flexibility index (Phi) is 6.95. The van der Waals surface area contributed by atoms with E-state index in [4.69, 9.17) is 0 Å². The van der Waals surface area contributed by atoms with Crippen LogP contribution in [0.3, 0.4) is 0 Å². The molecule has 186 valence electrons. The van der Waals surface area contributed by atoms with E-state index < -0.39 is 17.5 Å². The van der Waals surface area contributed by atoms with Gasteiger partial charge in [-0.05, 0) is 49.1 Å². The van der Waals surface area contributed by atoms with Crippen molar-refractivity contribution in [2.45, 2.75) is 38.0 Å². The highest BCUT2D eigenvalue weighted by molar-refractivity contribution is 7.15. The molecule has 3 heterocycles. The van der Waals surface area contributed by atoms with Crippen molar-refractivity contribution < 1.29 is 23.1 Å². The zero-order valence-corrected chi connectivity index (χ0v) is 20.0. The second kappa shape index (κ2) is 9.78. The summed E-state index contributed by atoms with van der Waals surface area (Å²) < 4.78 is 38.9. The number of alkyl halides is 3. The molecule has 12 heteroatoms. The first kappa shape index (κ1) is 24.9. The Morgan fingerprint density at radius 3 is 2.74 bits per heavy atom. The fourth-order valence-electron chi connectivity index (χ4n) is 4.02. The van der Waals surface area contributed by atoms with Crippen molar-refractivity contribution in [2.75, 3.05) is 25.5 Å². The molecule has 0 saturated carbocycles. The van der Waals surface area contributed by atoms with Crippen LogP contribution in [0.4, 0.5) is 29.6 Å². The van der Waals surface area contributed by atoms with Crippen LogP contribution in [-0.2, 0) is 11.8 Å². The van der Waals surface area contributed by atoms with E-state index in [1.54, 1.807) is 30.3 Å². The predicted octanol–water partition coefficient (Wildman–Crippen LogP) is 4.68. The Hall–Kier alpha value is -3.25. The van der Waals surface area contributed by atoms with Gasteiger partial charge in [-0.25, -0.2) is 19.7 Å². The second-order valence-electron chi connectivity index (χ2n) is 8.43. The van der Waals surface area contributed by atoms with Gasteiger partial charge in [0, 0.05) is 44.6 Å². The lowest BCUT2D eigenvalue weighted by Crippen LogP contribution is -2.39. The van der Waals surface area contributed by atoms with Crippen LogP contribution in [0.15, 0.2) is 36.7 Å². The Morgan fingerprint density at radius 1 is 1.20 bits per heavy atom. The Morgan fingerprint density at radius 2 is 2.00 bits per heavy atom. The summed E-state index contributed by atoms with van der Waals surface area (Å²) in [6, 6.07) is 6.14. The molecule has 1 aliphatic heterocycles. The van der Waals surface area contributed by atoms with Crippen molar-refractivity contribution in [2.24, 2.45) is 0 Å². The Balaban J connectivity index is 1.55. The number of urea groups is 1. The second-order valence-corrected chi connectivity index (χ2v) is 9.46. The number of rotatable bonds is 4. The predicted molar refractivity (Wildman–Crippen MR) is 126 cm³/mol. The minimum Gasteiger partial charge on any atom is -0.383 e. The molecule has 1 aliphatic rings. The summed E-state index contributed by atoms with van der Waals surface area (Å²) in [6.45, 7) is 2.85. The fraction of sp³-hybridized carbons (Fsp3) is 0.391. The van der Waals surface area contributed by atoms with E-state index in [0.717, 1.165) is 28.3 Å². The lowest BCUT2D eigenvalue weighted by atomic mass is 9.96. The average molecular weight is 507 g/mol. The Bertz CT molecular complexity index is 1220. The van der Waals surface area contributed by atoms with Gasteiger partial charge >= 0.3 is 12.2 Å². The number of anilines is 2. The maximum atomic E-state index is 13.0. The first-order valence-electron chi connectivity index (χ1n) is 11.0. The third-order valence-electron chi connectivity index (χ3n) is 5.78. The first-order chi connectivity index (χ1) is 16.6. The van der Waals surface area contributed by atoms with Gasteiger partial charge in [0.05, 0.1) is 4.88 Å².